The highest BCUT2D eigenvalue weighted by Crippen LogP contribution is 2.34. The van der Waals surface area contributed by atoms with Crippen LogP contribution in [-0.2, 0) is 45.2 Å². The first-order chi connectivity index (χ1) is 31.2. The van der Waals surface area contributed by atoms with Crippen molar-refractivity contribution >= 4 is 67.8 Å². The molecule has 0 bridgehead atoms. The fourth-order valence-corrected chi connectivity index (χ4v) is 8.24. The molecule has 0 saturated carbocycles. The van der Waals surface area contributed by atoms with Crippen LogP contribution >= 0.6 is 11.3 Å². The Labute approximate surface area is 376 Å². The number of nitrogens with one attached hydrogen (secondary N) is 4. The predicted octanol–water partition coefficient (Wildman–Crippen LogP) is 2.97. The third-order valence-electron chi connectivity index (χ3n) is 10.1. The van der Waals surface area contributed by atoms with Gasteiger partial charge in [0.2, 0.25) is 33.7 Å². The smallest absolute Gasteiger partial charge is 0.266 e. The predicted molar refractivity (Wildman–Crippen MR) is 235 cm³/mol. The molecule has 4 heterocycles. The summed E-state index contributed by atoms with van der Waals surface area (Å²) in [6.07, 6.45) is 3.64. The summed E-state index contributed by atoms with van der Waals surface area (Å²) in [5, 5.41) is 12.3. The highest BCUT2D eigenvalue weighted by molar-refractivity contribution is 7.89. The number of piperidine rings is 1. The van der Waals surface area contributed by atoms with Gasteiger partial charge in [-0.3, -0.25) is 47.8 Å². The van der Waals surface area contributed by atoms with E-state index in [1.54, 1.807) is 17.5 Å². The van der Waals surface area contributed by atoms with Crippen molar-refractivity contribution < 1.29 is 56.2 Å². The van der Waals surface area contributed by atoms with E-state index < -0.39 is 51.5 Å². The first-order valence-corrected chi connectivity index (χ1v) is 23.0. The molecule has 1 saturated heterocycles. The minimum atomic E-state index is -3.54. The molecular weight excluding hydrogens is 883 g/mol. The van der Waals surface area contributed by atoms with Crippen molar-refractivity contribution in [2.75, 3.05) is 51.2 Å². The van der Waals surface area contributed by atoms with Crippen LogP contribution in [0, 0.1) is 0 Å². The standard InChI is InChI=1S/C44H43N7O12S2/c1-65(59,60)50-15-13-31(25-50)40(55)46-24-38(54)49-44-47-33(26-64-44)30-8-3-7-29(22-30)28-6-2-5-27(21-28)23-45-36(52)14-16-61-17-18-62-19-20-63-35-10-4-9-32-39(35)43(58)51(42(32)57)34-11-12-37(53)48-41(34)56/h2-10,13,15,21-22,25-26,34H,11-12,14,16-20,23-24H2,1H3,(H,45,52)(H,46,55)(H,47,49,54)(H,48,53,56). The number of carbonyl (C=O) groups is 7. The van der Waals surface area contributed by atoms with Crippen LogP contribution in [0.1, 0.15) is 55.9 Å². The zero-order valence-corrected chi connectivity index (χ0v) is 36.5. The number of thiazole rings is 1. The summed E-state index contributed by atoms with van der Waals surface area (Å²) in [5.74, 6) is -3.53. The summed E-state index contributed by atoms with van der Waals surface area (Å²) in [6, 6.07) is 20.3. The molecule has 2 aliphatic rings. The number of ether oxygens (including phenoxy) is 3. The lowest BCUT2D eigenvalue weighted by Gasteiger charge is -2.27. The molecule has 5 aromatic rings. The topological polar surface area (TPSA) is 250 Å². The summed E-state index contributed by atoms with van der Waals surface area (Å²) < 4.78 is 41.1. The second-order valence-corrected chi connectivity index (χ2v) is 17.5. The Kier molecular flexibility index (Phi) is 14.6. The maximum atomic E-state index is 13.2. The van der Waals surface area contributed by atoms with Gasteiger partial charge >= 0.3 is 0 Å². The molecule has 2 aliphatic heterocycles. The quantitative estimate of drug-likeness (QED) is 0.0649. The van der Waals surface area contributed by atoms with Gasteiger partial charge in [0.1, 0.15) is 18.4 Å². The Hall–Kier alpha value is -7.07. The van der Waals surface area contributed by atoms with Gasteiger partial charge in [-0.15, -0.1) is 11.3 Å². The molecule has 7 rings (SSSR count). The lowest BCUT2D eigenvalue weighted by molar-refractivity contribution is -0.136. The average molecular weight is 926 g/mol. The Morgan fingerprint density at radius 1 is 0.846 bits per heavy atom. The summed E-state index contributed by atoms with van der Waals surface area (Å²) in [4.78, 5) is 93.1. The van der Waals surface area contributed by atoms with Crippen LogP contribution in [0.25, 0.3) is 22.4 Å². The number of benzene rings is 3. The molecule has 0 radical (unpaired) electrons. The van der Waals surface area contributed by atoms with Crippen molar-refractivity contribution in [3.8, 4) is 28.1 Å². The summed E-state index contributed by atoms with van der Waals surface area (Å²) >= 11 is 1.22. The van der Waals surface area contributed by atoms with E-state index in [2.05, 4.69) is 26.3 Å². The zero-order chi connectivity index (χ0) is 46.1. The fraction of sp³-hybridized carbons (Fsp3) is 0.273. The van der Waals surface area contributed by atoms with Gasteiger partial charge in [0.05, 0.1) is 61.6 Å². The van der Waals surface area contributed by atoms with Gasteiger partial charge in [0.15, 0.2) is 5.13 Å². The number of imide groups is 2. The number of anilines is 1. The number of aromatic nitrogens is 2. The van der Waals surface area contributed by atoms with Crippen molar-refractivity contribution in [1.29, 1.82) is 0 Å². The van der Waals surface area contributed by atoms with E-state index in [0.717, 1.165) is 37.4 Å². The highest BCUT2D eigenvalue weighted by Gasteiger charge is 2.46. The van der Waals surface area contributed by atoms with Crippen molar-refractivity contribution in [1.82, 2.24) is 29.8 Å². The van der Waals surface area contributed by atoms with E-state index >= 15 is 0 Å². The molecule has 21 heteroatoms. The van der Waals surface area contributed by atoms with Crippen LogP contribution in [0.15, 0.2) is 90.6 Å². The van der Waals surface area contributed by atoms with Crippen LogP contribution in [-0.4, -0.2) is 116 Å². The van der Waals surface area contributed by atoms with Gasteiger partial charge < -0.3 is 30.2 Å². The third kappa shape index (κ3) is 11.6. The Bertz CT molecular complexity index is 2770. The van der Waals surface area contributed by atoms with E-state index in [4.69, 9.17) is 14.2 Å². The molecular formula is C44H43N7O12S2. The molecule has 0 aliphatic carbocycles. The molecule has 65 heavy (non-hydrogen) atoms. The number of nitrogens with zero attached hydrogens (tertiary/aromatic N) is 3. The summed E-state index contributed by atoms with van der Waals surface area (Å²) in [7, 11) is -3.54. The molecule has 0 spiro atoms. The number of amides is 7. The van der Waals surface area contributed by atoms with Crippen molar-refractivity contribution in [2.45, 2.75) is 31.8 Å². The molecule has 4 N–H and O–H groups in total. The minimum Gasteiger partial charge on any atom is -0.490 e. The Morgan fingerprint density at radius 3 is 2.34 bits per heavy atom. The molecule has 1 fully saturated rings. The maximum Gasteiger partial charge on any atom is 0.266 e. The lowest BCUT2D eigenvalue weighted by Crippen LogP contribution is -2.54. The van der Waals surface area contributed by atoms with Gasteiger partial charge in [0.25, 0.3) is 17.7 Å². The number of rotatable bonds is 20. The van der Waals surface area contributed by atoms with E-state index in [-0.39, 0.29) is 87.2 Å². The third-order valence-corrected chi connectivity index (χ3v) is 11.9. The number of fused-ring (bicyclic) bond motifs is 1. The molecule has 2 aromatic heterocycles. The zero-order valence-electron chi connectivity index (χ0n) is 34.9. The van der Waals surface area contributed by atoms with Gasteiger partial charge in [-0.1, -0.05) is 42.5 Å². The van der Waals surface area contributed by atoms with Crippen LogP contribution in [0.5, 0.6) is 5.75 Å². The van der Waals surface area contributed by atoms with Crippen LogP contribution < -0.4 is 26.0 Å². The monoisotopic (exact) mass is 925 g/mol. The Morgan fingerprint density at radius 2 is 1.57 bits per heavy atom. The number of hydrogen-bond acceptors (Lipinski definition) is 14. The largest absolute Gasteiger partial charge is 0.490 e. The molecule has 19 nitrogen and oxygen atoms in total. The number of carbonyl (C=O) groups excluding carboxylic acids is 7. The van der Waals surface area contributed by atoms with Crippen molar-refractivity contribution in [2.24, 2.45) is 0 Å². The van der Waals surface area contributed by atoms with Gasteiger partial charge in [-0.2, -0.15) is 0 Å². The normalized spacial score (nSPS) is 14.8. The molecule has 7 amide bonds. The summed E-state index contributed by atoms with van der Waals surface area (Å²) in [6.45, 7) is 0.817. The van der Waals surface area contributed by atoms with E-state index in [1.807, 2.05) is 48.5 Å². The second-order valence-electron chi connectivity index (χ2n) is 14.8. The van der Waals surface area contributed by atoms with Gasteiger partial charge in [0, 0.05) is 42.7 Å². The minimum absolute atomic E-state index is 0.0222. The van der Waals surface area contributed by atoms with Crippen LogP contribution in [0.3, 0.4) is 0 Å². The maximum absolute atomic E-state index is 13.2. The van der Waals surface area contributed by atoms with Crippen LogP contribution in [0.4, 0.5) is 5.13 Å². The average Bonchev–Trinajstić information content (AvgIpc) is 4.04. The first-order valence-electron chi connectivity index (χ1n) is 20.3. The Balaban J connectivity index is 0.785. The van der Waals surface area contributed by atoms with Gasteiger partial charge in [-0.25, -0.2) is 13.4 Å². The first kappa shape index (κ1) is 45.9. The van der Waals surface area contributed by atoms with E-state index in [0.29, 0.717) is 17.4 Å². The van der Waals surface area contributed by atoms with E-state index in [9.17, 15) is 42.0 Å². The van der Waals surface area contributed by atoms with Crippen LogP contribution in [0.2, 0.25) is 0 Å². The number of hydrogen-bond donors (Lipinski definition) is 4. The SMILES string of the molecule is CS(=O)(=O)n1ccc(C(=O)NCC(=O)Nc2nc(-c3cccc(-c4cccc(CNC(=O)CCOCCOCCOc5cccc6c5C(=O)N(C5CCC(=O)NC5=O)C6=O)c4)c3)cs2)c1. The van der Waals surface area contributed by atoms with Gasteiger partial charge in [-0.05, 0) is 53.4 Å². The van der Waals surface area contributed by atoms with Crippen molar-refractivity contribution in [3.63, 3.8) is 0 Å². The summed E-state index contributed by atoms with van der Waals surface area (Å²) in [5.41, 5.74) is 4.45. The van der Waals surface area contributed by atoms with Crippen molar-refractivity contribution in [3.05, 3.63) is 113 Å². The van der Waals surface area contributed by atoms with E-state index in [1.165, 1.54) is 35.9 Å². The fourth-order valence-electron chi connectivity index (χ4n) is 6.92. The second kappa shape index (κ2) is 20.6. The molecule has 338 valence electrons. The molecule has 1 unspecified atom stereocenters. The lowest BCUT2D eigenvalue weighted by atomic mass is 10.0. The molecule has 3 aromatic carbocycles. The molecule has 1 atom stereocenters. The highest BCUT2D eigenvalue weighted by atomic mass is 32.2.